The second-order valence-corrected chi connectivity index (χ2v) is 5.75. The lowest BCUT2D eigenvalue weighted by Gasteiger charge is -2.09. The number of thiophene rings is 1. The lowest BCUT2D eigenvalue weighted by atomic mass is 10.3. The fraction of sp³-hybridized carbons (Fsp3) is 0.600. The van der Waals surface area contributed by atoms with Crippen molar-refractivity contribution in [1.29, 1.82) is 0 Å². The van der Waals surface area contributed by atoms with Crippen LogP contribution >= 0.6 is 27.3 Å². The molecule has 4 heteroatoms. The first-order valence-corrected chi connectivity index (χ1v) is 6.31. The Balaban J connectivity index is 2.10. The van der Waals surface area contributed by atoms with Crippen LogP contribution in [0.15, 0.2) is 15.9 Å². The van der Waals surface area contributed by atoms with E-state index >= 15 is 0 Å². The third-order valence-corrected chi connectivity index (χ3v) is 3.69. The van der Waals surface area contributed by atoms with Crippen molar-refractivity contribution >= 4 is 27.3 Å². The van der Waals surface area contributed by atoms with Gasteiger partial charge < -0.3 is 10.1 Å². The highest BCUT2D eigenvalue weighted by Crippen LogP contribution is 2.21. The summed E-state index contributed by atoms with van der Waals surface area (Å²) in [6.45, 7) is 4.00. The van der Waals surface area contributed by atoms with Crippen molar-refractivity contribution in [3.63, 3.8) is 0 Å². The Bertz CT molecular complexity index is 264. The van der Waals surface area contributed by atoms with Crippen molar-refractivity contribution in [2.75, 3.05) is 20.2 Å². The highest BCUT2D eigenvalue weighted by Gasteiger charge is 1.99. The van der Waals surface area contributed by atoms with Crippen molar-refractivity contribution in [3.05, 3.63) is 20.8 Å². The van der Waals surface area contributed by atoms with Crippen molar-refractivity contribution in [1.82, 2.24) is 5.32 Å². The minimum Gasteiger partial charge on any atom is -0.380 e. The quantitative estimate of drug-likeness (QED) is 0.808. The molecule has 0 aliphatic heterocycles. The van der Waals surface area contributed by atoms with Crippen LogP contribution in [0.4, 0.5) is 0 Å². The first-order valence-electron chi connectivity index (χ1n) is 4.70. The van der Waals surface area contributed by atoms with Crippen LogP contribution in [0, 0.1) is 0 Å². The van der Waals surface area contributed by atoms with E-state index in [4.69, 9.17) is 4.74 Å². The standard InChI is InChI=1S/C10H16BrNOS/c1-8(13-2)7-12-6-5-9-3-4-10(11)14-9/h3-4,8,12H,5-7H2,1-2H3. The van der Waals surface area contributed by atoms with Crippen LogP contribution in [0.2, 0.25) is 0 Å². The zero-order chi connectivity index (χ0) is 10.4. The van der Waals surface area contributed by atoms with Crippen LogP contribution in [-0.4, -0.2) is 26.3 Å². The molecular weight excluding hydrogens is 262 g/mol. The van der Waals surface area contributed by atoms with E-state index in [1.165, 1.54) is 8.66 Å². The van der Waals surface area contributed by atoms with Crippen molar-refractivity contribution in [3.8, 4) is 0 Å². The van der Waals surface area contributed by atoms with Crippen LogP contribution < -0.4 is 5.32 Å². The van der Waals surface area contributed by atoms with Gasteiger partial charge in [-0.25, -0.2) is 0 Å². The fourth-order valence-electron chi connectivity index (χ4n) is 1.09. The van der Waals surface area contributed by atoms with Gasteiger partial charge in [0.25, 0.3) is 0 Å². The third kappa shape index (κ3) is 4.55. The summed E-state index contributed by atoms with van der Waals surface area (Å²) in [7, 11) is 1.74. The van der Waals surface area contributed by atoms with Crippen molar-refractivity contribution in [2.45, 2.75) is 19.4 Å². The molecule has 1 rings (SSSR count). The molecule has 0 aliphatic carbocycles. The van der Waals surface area contributed by atoms with Gasteiger partial charge in [-0.1, -0.05) is 0 Å². The van der Waals surface area contributed by atoms with Gasteiger partial charge in [-0.15, -0.1) is 11.3 Å². The van der Waals surface area contributed by atoms with E-state index in [9.17, 15) is 0 Å². The summed E-state index contributed by atoms with van der Waals surface area (Å²) in [6.07, 6.45) is 1.39. The van der Waals surface area contributed by atoms with E-state index in [-0.39, 0.29) is 0 Å². The Morgan fingerprint density at radius 1 is 1.57 bits per heavy atom. The van der Waals surface area contributed by atoms with Crippen LogP contribution in [-0.2, 0) is 11.2 Å². The zero-order valence-electron chi connectivity index (χ0n) is 8.55. The van der Waals surface area contributed by atoms with E-state index in [0.717, 1.165) is 19.5 Å². The van der Waals surface area contributed by atoms with Crippen molar-refractivity contribution < 1.29 is 4.74 Å². The molecule has 1 atom stereocenters. The predicted molar refractivity (Wildman–Crippen MR) is 65.1 cm³/mol. The molecule has 1 unspecified atom stereocenters. The molecule has 1 N–H and O–H groups in total. The first-order chi connectivity index (χ1) is 6.72. The average molecular weight is 278 g/mol. The Kier molecular flexibility index (Phi) is 5.70. The second kappa shape index (κ2) is 6.56. The van der Waals surface area contributed by atoms with Crippen LogP contribution in [0.25, 0.3) is 0 Å². The molecule has 80 valence electrons. The first kappa shape index (κ1) is 12.2. The van der Waals surface area contributed by atoms with Gasteiger partial charge in [0.2, 0.25) is 0 Å². The number of hydrogen-bond acceptors (Lipinski definition) is 3. The summed E-state index contributed by atoms with van der Waals surface area (Å²) in [4.78, 5) is 1.41. The van der Waals surface area contributed by atoms with Crippen LogP contribution in [0.1, 0.15) is 11.8 Å². The molecule has 0 radical (unpaired) electrons. The number of methoxy groups -OCH3 is 1. The molecule has 0 saturated carbocycles. The van der Waals surface area contributed by atoms with Crippen molar-refractivity contribution in [2.24, 2.45) is 0 Å². The Hall–Kier alpha value is 0.1000. The SMILES string of the molecule is COC(C)CNCCc1ccc(Br)s1. The lowest BCUT2D eigenvalue weighted by molar-refractivity contribution is 0.117. The molecule has 0 bridgehead atoms. The van der Waals surface area contributed by atoms with E-state index < -0.39 is 0 Å². The second-order valence-electron chi connectivity index (χ2n) is 3.21. The normalized spacial score (nSPS) is 13.1. The lowest BCUT2D eigenvalue weighted by Crippen LogP contribution is -2.27. The van der Waals surface area contributed by atoms with Gasteiger partial charge in [0.15, 0.2) is 0 Å². The highest BCUT2D eigenvalue weighted by molar-refractivity contribution is 9.11. The highest BCUT2D eigenvalue weighted by atomic mass is 79.9. The Morgan fingerprint density at radius 2 is 2.36 bits per heavy atom. The van der Waals surface area contributed by atoms with Gasteiger partial charge in [0, 0.05) is 25.1 Å². The smallest absolute Gasteiger partial charge is 0.0701 e. The molecule has 0 amide bonds. The molecule has 2 nitrogen and oxygen atoms in total. The third-order valence-electron chi connectivity index (χ3n) is 2.01. The number of hydrogen-bond donors (Lipinski definition) is 1. The van der Waals surface area contributed by atoms with Crippen LogP contribution in [0.3, 0.4) is 0 Å². The van der Waals surface area contributed by atoms with Gasteiger partial charge in [0.1, 0.15) is 0 Å². The zero-order valence-corrected chi connectivity index (χ0v) is 11.0. The number of nitrogens with one attached hydrogen (secondary N) is 1. The maximum Gasteiger partial charge on any atom is 0.0701 e. The molecule has 0 saturated heterocycles. The Labute approximate surface area is 97.8 Å². The maximum absolute atomic E-state index is 5.14. The summed E-state index contributed by atoms with van der Waals surface area (Å²) < 4.78 is 6.35. The molecule has 1 aromatic heterocycles. The average Bonchev–Trinajstić information content (AvgIpc) is 2.58. The monoisotopic (exact) mass is 277 g/mol. The van der Waals surface area contributed by atoms with Gasteiger partial charge in [0.05, 0.1) is 9.89 Å². The van der Waals surface area contributed by atoms with Gasteiger partial charge in [-0.3, -0.25) is 0 Å². The van der Waals surface area contributed by atoms with Crippen LogP contribution in [0.5, 0.6) is 0 Å². The number of ether oxygens (including phenoxy) is 1. The minimum absolute atomic E-state index is 0.296. The summed E-state index contributed by atoms with van der Waals surface area (Å²) in [5.41, 5.74) is 0. The fourth-order valence-corrected chi connectivity index (χ4v) is 2.57. The summed E-state index contributed by atoms with van der Waals surface area (Å²) in [5.74, 6) is 0. The molecule has 1 heterocycles. The minimum atomic E-state index is 0.296. The summed E-state index contributed by atoms with van der Waals surface area (Å²) >= 11 is 5.25. The maximum atomic E-state index is 5.14. The predicted octanol–water partition coefficient (Wildman–Crippen LogP) is 2.68. The summed E-state index contributed by atoms with van der Waals surface area (Å²) in [5, 5.41) is 3.36. The molecule has 14 heavy (non-hydrogen) atoms. The molecule has 0 aliphatic rings. The van der Waals surface area contributed by atoms with E-state index in [2.05, 4.69) is 40.3 Å². The number of rotatable bonds is 6. The van der Waals surface area contributed by atoms with Gasteiger partial charge >= 0.3 is 0 Å². The summed E-state index contributed by atoms with van der Waals surface area (Å²) in [6, 6.07) is 4.26. The molecule has 0 aromatic carbocycles. The van der Waals surface area contributed by atoms with Gasteiger partial charge in [-0.2, -0.15) is 0 Å². The van der Waals surface area contributed by atoms with E-state index in [1.807, 2.05) is 0 Å². The van der Waals surface area contributed by atoms with E-state index in [0.29, 0.717) is 6.10 Å². The Morgan fingerprint density at radius 3 is 2.93 bits per heavy atom. The topological polar surface area (TPSA) is 21.3 Å². The molecular formula is C10H16BrNOS. The van der Waals surface area contributed by atoms with Gasteiger partial charge in [-0.05, 0) is 41.4 Å². The molecule has 0 fully saturated rings. The molecule has 1 aromatic rings. The largest absolute Gasteiger partial charge is 0.380 e. The number of halogens is 1. The van der Waals surface area contributed by atoms with E-state index in [1.54, 1.807) is 18.4 Å². The molecule has 0 spiro atoms.